The maximum Gasteiger partial charge on any atom is 0.306 e. The molecule has 0 bridgehead atoms. The molecule has 1 unspecified atom stereocenters. The summed E-state index contributed by atoms with van der Waals surface area (Å²) < 4.78 is 16.8. The lowest BCUT2D eigenvalue weighted by molar-refractivity contribution is -0.167. The minimum absolute atomic E-state index is 0.114. The fourth-order valence-electron chi connectivity index (χ4n) is 8.09. The molecule has 0 N–H and O–H groups in total. The van der Waals surface area contributed by atoms with Crippen molar-refractivity contribution in [3.8, 4) is 0 Å². The van der Waals surface area contributed by atoms with Gasteiger partial charge in [0.15, 0.2) is 6.10 Å². The molecule has 0 radical (unpaired) electrons. The van der Waals surface area contributed by atoms with E-state index in [1.54, 1.807) is 0 Å². The number of esters is 3. The molecule has 75 heavy (non-hydrogen) atoms. The maximum atomic E-state index is 12.9. The summed E-state index contributed by atoms with van der Waals surface area (Å²) in [6.45, 7) is 6.34. The quantitative estimate of drug-likeness (QED) is 0.0261. The summed E-state index contributed by atoms with van der Waals surface area (Å²) in [5, 5.41) is 0. The molecule has 6 nitrogen and oxygen atoms in total. The van der Waals surface area contributed by atoms with Gasteiger partial charge in [-0.3, -0.25) is 14.4 Å². The molecule has 1 atom stereocenters. The zero-order valence-electron chi connectivity index (χ0n) is 48.5. The summed E-state index contributed by atoms with van der Waals surface area (Å²) in [5.41, 5.74) is 0. The van der Waals surface area contributed by atoms with Crippen molar-refractivity contribution in [1.29, 1.82) is 0 Å². The number of rotatable bonds is 54. The van der Waals surface area contributed by atoms with Crippen LogP contribution in [0.25, 0.3) is 0 Å². The summed E-state index contributed by atoms with van der Waals surface area (Å²) >= 11 is 0. The van der Waals surface area contributed by atoms with Gasteiger partial charge in [-0.25, -0.2) is 0 Å². The van der Waals surface area contributed by atoms with Gasteiger partial charge in [0.25, 0.3) is 0 Å². The van der Waals surface area contributed by atoms with Gasteiger partial charge >= 0.3 is 17.9 Å². The third-order valence-electron chi connectivity index (χ3n) is 12.6. The van der Waals surface area contributed by atoms with Gasteiger partial charge in [0.1, 0.15) is 13.2 Å². The van der Waals surface area contributed by atoms with E-state index in [-0.39, 0.29) is 37.5 Å². The van der Waals surface area contributed by atoms with Crippen LogP contribution in [0.15, 0.2) is 134 Å². The first-order valence-electron chi connectivity index (χ1n) is 30.7. The molecule has 0 aliphatic rings. The van der Waals surface area contributed by atoms with Gasteiger partial charge in [0.05, 0.1) is 0 Å². The zero-order chi connectivity index (χ0) is 54.3. The standard InChI is InChI=1S/C69H112O6/c1-4-7-10-13-16-19-22-25-28-31-32-33-34-35-36-39-41-44-47-50-53-56-59-62-68(71)74-65-66(75-69(72)63-60-57-54-51-48-45-42-38-30-27-24-21-18-15-12-9-6-3)64-73-67(70)61-58-55-52-49-46-43-40-37-29-26-23-20-17-14-11-8-5-2/h8-9,11-12,17-18,20-22,25-27,29-32,40,42-43,45,51,54,66H,4-7,10,13-16,19,23-24,28,33-39,41,44,46-50,52-53,55-65H2,1-3H3/b11-8-,12-9-,20-17-,21-18-,25-22-,29-26-,30-27-,32-31-,43-40-,45-42-,54-51-. The van der Waals surface area contributed by atoms with E-state index in [2.05, 4.69) is 154 Å². The Hall–Kier alpha value is -4.45. The van der Waals surface area contributed by atoms with Gasteiger partial charge in [0.2, 0.25) is 0 Å². The van der Waals surface area contributed by atoms with Crippen molar-refractivity contribution in [2.24, 2.45) is 0 Å². The van der Waals surface area contributed by atoms with Crippen molar-refractivity contribution in [2.75, 3.05) is 13.2 Å². The van der Waals surface area contributed by atoms with Crippen molar-refractivity contribution in [1.82, 2.24) is 0 Å². The Kier molecular flexibility index (Phi) is 58.4. The normalized spacial score (nSPS) is 13.1. The number of carbonyl (C=O) groups excluding carboxylic acids is 3. The van der Waals surface area contributed by atoms with E-state index in [4.69, 9.17) is 14.2 Å². The van der Waals surface area contributed by atoms with E-state index in [0.717, 1.165) is 122 Å². The second-order valence-corrected chi connectivity index (χ2v) is 19.8. The van der Waals surface area contributed by atoms with Crippen LogP contribution in [0.5, 0.6) is 0 Å². The number of hydrogen-bond donors (Lipinski definition) is 0. The molecule has 0 amide bonds. The second-order valence-electron chi connectivity index (χ2n) is 19.8. The zero-order valence-corrected chi connectivity index (χ0v) is 48.5. The predicted octanol–water partition coefficient (Wildman–Crippen LogP) is 21.0. The van der Waals surface area contributed by atoms with Crippen LogP contribution < -0.4 is 0 Å². The van der Waals surface area contributed by atoms with Crippen LogP contribution in [0.4, 0.5) is 0 Å². The molecule has 6 heteroatoms. The van der Waals surface area contributed by atoms with Crippen LogP contribution in [0.1, 0.15) is 265 Å². The first-order chi connectivity index (χ1) is 37.0. The second kappa shape index (κ2) is 62.1. The van der Waals surface area contributed by atoms with Crippen LogP contribution in [0, 0.1) is 0 Å². The minimum Gasteiger partial charge on any atom is -0.462 e. The smallest absolute Gasteiger partial charge is 0.306 e. The topological polar surface area (TPSA) is 78.9 Å². The third-order valence-corrected chi connectivity index (χ3v) is 12.6. The molecule has 0 aliphatic heterocycles. The highest BCUT2D eigenvalue weighted by Crippen LogP contribution is 2.15. The molecular formula is C69H112O6. The predicted molar refractivity (Wildman–Crippen MR) is 325 cm³/mol. The van der Waals surface area contributed by atoms with Crippen LogP contribution in [-0.4, -0.2) is 37.2 Å². The van der Waals surface area contributed by atoms with E-state index >= 15 is 0 Å². The number of carbonyl (C=O) groups is 3. The van der Waals surface area contributed by atoms with Crippen molar-refractivity contribution < 1.29 is 28.6 Å². The molecule has 0 spiro atoms. The molecule has 0 aromatic rings. The van der Waals surface area contributed by atoms with Crippen molar-refractivity contribution in [3.05, 3.63) is 134 Å². The Morgan fingerprint density at radius 2 is 0.533 bits per heavy atom. The monoisotopic (exact) mass is 1040 g/mol. The summed E-state index contributed by atoms with van der Waals surface area (Å²) in [7, 11) is 0. The highest BCUT2D eigenvalue weighted by molar-refractivity contribution is 5.71. The third kappa shape index (κ3) is 60.3. The summed E-state index contributed by atoms with van der Waals surface area (Å²) in [6, 6.07) is 0. The summed E-state index contributed by atoms with van der Waals surface area (Å²) in [6.07, 6.45) is 87.4. The Bertz CT molecular complexity index is 1620. The summed E-state index contributed by atoms with van der Waals surface area (Å²) in [4.78, 5) is 38.3. The van der Waals surface area contributed by atoms with Crippen molar-refractivity contribution >= 4 is 17.9 Å². The van der Waals surface area contributed by atoms with Crippen LogP contribution >= 0.6 is 0 Å². The number of ether oxygens (including phenoxy) is 3. The fraction of sp³-hybridized carbons (Fsp3) is 0.638. The number of allylic oxidation sites excluding steroid dienone is 22. The summed E-state index contributed by atoms with van der Waals surface area (Å²) in [5.74, 6) is -1.000. The van der Waals surface area contributed by atoms with E-state index in [1.165, 1.54) is 96.3 Å². The van der Waals surface area contributed by atoms with Crippen molar-refractivity contribution in [2.45, 2.75) is 271 Å². The fourth-order valence-corrected chi connectivity index (χ4v) is 8.09. The van der Waals surface area contributed by atoms with Crippen LogP contribution in [0.2, 0.25) is 0 Å². The average Bonchev–Trinajstić information content (AvgIpc) is 3.41. The molecule has 0 aromatic heterocycles. The van der Waals surface area contributed by atoms with Gasteiger partial charge < -0.3 is 14.2 Å². The molecule has 424 valence electrons. The maximum absolute atomic E-state index is 12.9. The Balaban J connectivity index is 4.48. The highest BCUT2D eigenvalue weighted by Gasteiger charge is 2.19. The lowest BCUT2D eigenvalue weighted by Crippen LogP contribution is -2.30. The van der Waals surface area contributed by atoms with Gasteiger partial charge in [-0.05, 0) is 128 Å². The molecule has 0 aliphatic carbocycles. The van der Waals surface area contributed by atoms with E-state index < -0.39 is 6.10 Å². The van der Waals surface area contributed by atoms with Gasteiger partial charge in [-0.15, -0.1) is 0 Å². The highest BCUT2D eigenvalue weighted by atomic mass is 16.6. The lowest BCUT2D eigenvalue weighted by Gasteiger charge is -2.18. The Morgan fingerprint density at radius 1 is 0.280 bits per heavy atom. The number of hydrogen-bond acceptors (Lipinski definition) is 6. The first-order valence-corrected chi connectivity index (χ1v) is 30.7. The van der Waals surface area contributed by atoms with Gasteiger partial charge in [-0.1, -0.05) is 251 Å². The van der Waals surface area contributed by atoms with Crippen LogP contribution in [-0.2, 0) is 28.6 Å². The molecular weight excluding hydrogens is 925 g/mol. The largest absolute Gasteiger partial charge is 0.462 e. The van der Waals surface area contributed by atoms with E-state index in [9.17, 15) is 14.4 Å². The Morgan fingerprint density at radius 3 is 0.853 bits per heavy atom. The SMILES string of the molecule is CC/C=C\C/C=C\C/C=C\C/C=C\C/C=C\CCCC(=O)OC(COC(=O)CCCCCC/C=C\C/C=C\C/C=C\C/C=C\CC)COC(=O)CCCCCCCCCCCCC/C=C\C/C=C\CCCCCCC. The molecule has 0 aromatic carbocycles. The van der Waals surface area contributed by atoms with Gasteiger partial charge in [0, 0.05) is 19.3 Å². The van der Waals surface area contributed by atoms with E-state index in [1.807, 2.05) is 0 Å². The van der Waals surface area contributed by atoms with Crippen molar-refractivity contribution in [3.63, 3.8) is 0 Å². The van der Waals surface area contributed by atoms with E-state index in [0.29, 0.717) is 19.3 Å². The average molecular weight is 1040 g/mol. The molecule has 0 rings (SSSR count). The number of unbranched alkanes of at least 4 members (excludes halogenated alkanes) is 21. The minimum atomic E-state index is -0.825. The molecule has 0 heterocycles. The first kappa shape index (κ1) is 70.5. The Labute approximate surface area is 462 Å². The molecule has 0 saturated heterocycles. The molecule has 0 fully saturated rings. The lowest BCUT2D eigenvalue weighted by atomic mass is 10.0. The van der Waals surface area contributed by atoms with Gasteiger partial charge in [-0.2, -0.15) is 0 Å². The van der Waals surface area contributed by atoms with Crippen LogP contribution in [0.3, 0.4) is 0 Å². The molecule has 0 saturated carbocycles.